The van der Waals surface area contributed by atoms with E-state index in [2.05, 4.69) is 15.0 Å². The highest BCUT2D eigenvalue weighted by Gasteiger charge is 2.24. The molecule has 2 aromatic rings. The number of hydrogen-bond acceptors (Lipinski definition) is 6. The second-order valence-corrected chi connectivity index (χ2v) is 6.75. The van der Waals surface area contributed by atoms with Crippen LogP contribution in [0.1, 0.15) is 11.1 Å². The summed E-state index contributed by atoms with van der Waals surface area (Å²) in [5.74, 6) is -0.209. The molecule has 1 aliphatic rings. The monoisotopic (exact) mass is 382 g/mol. The van der Waals surface area contributed by atoms with E-state index in [1.165, 1.54) is 18.9 Å². The number of nitrogens with zero attached hydrogens (tertiary/aromatic N) is 1. The van der Waals surface area contributed by atoms with Crippen LogP contribution in [0.15, 0.2) is 58.4 Å². The zero-order valence-electron chi connectivity index (χ0n) is 14.9. The molecule has 0 atom stereocenters. The smallest absolute Gasteiger partial charge is 0.343 e. The predicted octanol–water partition coefficient (Wildman–Crippen LogP) is 3.44. The average Bonchev–Trinajstić information content (AvgIpc) is 3.01. The normalized spacial score (nSPS) is 16.4. The number of carbonyl (C=O) groups excluding carboxylic acids is 2. The number of rotatable bonds is 5. The highest BCUT2D eigenvalue weighted by Crippen LogP contribution is 2.30. The van der Waals surface area contributed by atoms with E-state index in [0.29, 0.717) is 21.4 Å². The molecule has 2 aromatic carbocycles. The molecule has 0 aliphatic carbocycles. The van der Waals surface area contributed by atoms with E-state index in [0.717, 1.165) is 11.3 Å². The molecule has 0 spiro atoms. The van der Waals surface area contributed by atoms with E-state index in [4.69, 9.17) is 4.74 Å². The lowest BCUT2D eigenvalue weighted by Crippen LogP contribution is -2.19. The number of thioether (sulfide) groups is 1. The summed E-state index contributed by atoms with van der Waals surface area (Å²) < 4.78 is 10.1. The Kier molecular flexibility index (Phi) is 5.93. The maximum Gasteiger partial charge on any atom is 0.343 e. The standard InChI is InChI=1S/C20H18N2O4S/c1-13-7-9-15(10-8-13)21-20-22-19(24)17(27-20)11-14-5-3-4-6-16(14)26-12-18(23)25-2/h3-11H,12H2,1-2H3,(H,21,22,24)/b17-11+. The number of methoxy groups -OCH3 is 1. The van der Waals surface area contributed by atoms with E-state index in [9.17, 15) is 9.59 Å². The summed E-state index contributed by atoms with van der Waals surface area (Å²) in [4.78, 5) is 28.5. The van der Waals surface area contributed by atoms with Crippen LogP contribution in [0.25, 0.3) is 6.08 Å². The molecule has 1 amide bonds. The highest BCUT2D eigenvalue weighted by atomic mass is 32.2. The number of aryl methyl sites for hydroxylation is 1. The van der Waals surface area contributed by atoms with Gasteiger partial charge in [-0.15, -0.1) is 0 Å². The first-order chi connectivity index (χ1) is 13.0. The summed E-state index contributed by atoms with van der Waals surface area (Å²) >= 11 is 1.25. The predicted molar refractivity (Wildman–Crippen MR) is 106 cm³/mol. The number of aliphatic imine (C=N–C) groups is 1. The fourth-order valence-corrected chi connectivity index (χ4v) is 3.12. The zero-order chi connectivity index (χ0) is 19.2. The largest absolute Gasteiger partial charge is 0.481 e. The molecule has 1 aliphatic heterocycles. The molecule has 27 heavy (non-hydrogen) atoms. The Bertz CT molecular complexity index is 920. The molecule has 1 N–H and O–H groups in total. The Morgan fingerprint density at radius 1 is 1.19 bits per heavy atom. The third kappa shape index (κ3) is 4.98. The van der Waals surface area contributed by atoms with Crippen molar-refractivity contribution in [3.05, 3.63) is 64.6 Å². The van der Waals surface area contributed by atoms with E-state index in [-0.39, 0.29) is 12.5 Å². The first-order valence-corrected chi connectivity index (χ1v) is 9.01. The minimum Gasteiger partial charge on any atom is -0.481 e. The van der Waals surface area contributed by atoms with Gasteiger partial charge < -0.3 is 14.8 Å². The van der Waals surface area contributed by atoms with E-state index >= 15 is 0 Å². The molecule has 1 heterocycles. The van der Waals surface area contributed by atoms with E-state index in [1.54, 1.807) is 18.2 Å². The second kappa shape index (κ2) is 8.55. The van der Waals surface area contributed by atoms with Gasteiger partial charge in [0, 0.05) is 5.56 Å². The van der Waals surface area contributed by atoms with Crippen LogP contribution in [-0.4, -0.2) is 30.8 Å². The van der Waals surface area contributed by atoms with Gasteiger partial charge in [0.1, 0.15) is 5.75 Å². The van der Waals surface area contributed by atoms with E-state index < -0.39 is 5.97 Å². The lowest BCUT2D eigenvalue weighted by atomic mass is 10.2. The molecule has 0 bridgehead atoms. The Hall–Kier alpha value is -3.06. The number of para-hydroxylation sites is 1. The van der Waals surface area contributed by atoms with Crippen LogP contribution in [0.4, 0.5) is 5.69 Å². The number of benzene rings is 2. The molecule has 138 valence electrons. The van der Waals surface area contributed by atoms with Gasteiger partial charge in [-0.25, -0.2) is 9.79 Å². The maximum atomic E-state index is 12.3. The quantitative estimate of drug-likeness (QED) is 0.633. The molecule has 3 rings (SSSR count). The molecule has 7 heteroatoms. The number of amidine groups is 1. The van der Waals surface area contributed by atoms with Crippen molar-refractivity contribution >= 4 is 40.6 Å². The minimum atomic E-state index is -0.474. The van der Waals surface area contributed by atoms with Crippen molar-refractivity contribution in [2.24, 2.45) is 4.99 Å². The Labute approximate surface area is 161 Å². The lowest BCUT2D eigenvalue weighted by Gasteiger charge is -2.08. The van der Waals surface area contributed by atoms with Crippen LogP contribution >= 0.6 is 11.8 Å². The van der Waals surface area contributed by atoms with Gasteiger partial charge in [0.25, 0.3) is 5.91 Å². The van der Waals surface area contributed by atoms with Crippen LogP contribution < -0.4 is 10.1 Å². The van der Waals surface area contributed by atoms with Gasteiger partial charge in [-0.3, -0.25) is 4.79 Å². The SMILES string of the molecule is COC(=O)COc1ccccc1/C=C1/SC(=Nc2ccc(C)cc2)NC1=O. The number of amides is 1. The molecule has 0 aromatic heterocycles. The Balaban J connectivity index is 1.78. The Morgan fingerprint density at radius 3 is 2.67 bits per heavy atom. The number of ether oxygens (including phenoxy) is 2. The molecule has 0 radical (unpaired) electrons. The van der Waals surface area contributed by atoms with Crippen molar-refractivity contribution in [3.8, 4) is 5.75 Å². The fraction of sp³-hybridized carbons (Fsp3) is 0.150. The van der Waals surface area contributed by atoms with Crippen LogP contribution in [0.5, 0.6) is 5.75 Å². The number of carbonyl (C=O) groups is 2. The first kappa shape index (κ1) is 18.7. The maximum absolute atomic E-state index is 12.3. The summed E-state index contributed by atoms with van der Waals surface area (Å²) in [7, 11) is 1.30. The Morgan fingerprint density at radius 2 is 1.93 bits per heavy atom. The molecular formula is C20H18N2O4S. The fourth-order valence-electron chi connectivity index (χ4n) is 2.29. The molecule has 0 unspecified atom stereocenters. The van der Waals surface area contributed by atoms with Gasteiger partial charge in [0.2, 0.25) is 0 Å². The van der Waals surface area contributed by atoms with Gasteiger partial charge in [-0.05, 0) is 43.0 Å². The van der Waals surface area contributed by atoms with Gasteiger partial charge >= 0.3 is 5.97 Å². The summed E-state index contributed by atoms with van der Waals surface area (Å²) in [6, 6.07) is 14.9. The third-order valence-corrected chi connectivity index (χ3v) is 4.60. The lowest BCUT2D eigenvalue weighted by molar-refractivity contribution is -0.142. The van der Waals surface area contributed by atoms with Crippen molar-refractivity contribution < 1.29 is 19.1 Å². The molecule has 1 saturated heterocycles. The number of nitrogens with one attached hydrogen (secondary N) is 1. The molecular weight excluding hydrogens is 364 g/mol. The van der Waals surface area contributed by atoms with E-state index in [1.807, 2.05) is 43.3 Å². The van der Waals surface area contributed by atoms with Crippen molar-refractivity contribution in [3.63, 3.8) is 0 Å². The van der Waals surface area contributed by atoms with Crippen molar-refractivity contribution in [2.45, 2.75) is 6.92 Å². The van der Waals surface area contributed by atoms with Gasteiger partial charge in [-0.2, -0.15) is 0 Å². The molecule has 0 saturated carbocycles. The minimum absolute atomic E-state index is 0.198. The van der Waals surface area contributed by atoms with Crippen LogP contribution in [0.3, 0.4) is 0 Å². The molecule has 6 nitrogen and oxygen atoms in total. The second-order valence-electron chi connectivity index (χ2n) is 5.72. The average molecular weight is 382 g/mol. The zero-order valence-corrected chi connectivity index (χ0v) is 15.7. The van der Waals surface area contributed by atoms with Crippen molar-refractivity contribution in [2.75, 3.05) is 13.7 Å². The summed E-state index contributed by atoms with van der Waals surface area (Å²) in [6.07, 6.45) is 1.71. The summed E-state index contributed by atoms with van der Waals surface area (Å²) in [5.41, 5.74) is 2.60. The van der Waals surface area contributed by atoms with Gasteiger partial charge in [-0.1, -0.05) is 35.9 Å². The van der Waals surface area contributed by atoms with Crippen LogP contribution in [0.2, 0.25) is 0 Å². The summed E-state index contributed by atoms with van der Waals surface area (Å²) in [6.45, 7) is 1.81. The van der Waals surface area contributed by atoms with Crippen LogP contribution in [0, 0.1) is 6.92 Å². The molecule has 1 fully saturated rings. The van der Waals surface area contributed by atoms with Gasteiger partial charge in [0.05, 0.1) is 17.7 Å². The number of hydrogen-bond donors (Lipinski definition) is 1. The first-order valence-electron chi connectivity index (χ1n) is 8.20. The van der Waals surface area contributed by atoms with Crippen molar-refractivity contribution in [1.82, 2.24) is 5.32 Å². The number of esters is 1. The highest BCUT2D eigenvalue weighted by molar-refractivity contribution is 8.18. The van der Waals surface area contributed by atoms with Gasteiger partial charge in [0.15, 0.2) is 11.8 Å². The van der Waals surface area contributed by atoms with Crippen molar-refractivity contribution in [1.29, 1.82) is 0 Å². The third-order valence-electron chi connectivity index (χ3n) is 3.69. The van der Waals surface area contributed by atoms with Crippen LogP contribution in [-0.2, 0) is 14.3 Å². The summed E-state index contributed by atoms with van der Waals surface area (Å²) in [5, 5.41) is 3.27. The topological polar surface area (TPSA) is 77.0 Å².